The maximum atomic E-state index is 11.7. The molecule has 0 N–H and O–H groups in total. The molecule has 108 valence electrons. The predicted octanol–water partition coefficient (Wildman–Crippen LogP) is 1.02. The van der Waals surface area contributed by atoms with E-state index in [-0.39, 0.29) is 11.9 Å². The summed E-state index contributed by atoms with van der Waals surface area (Å²) < 4.78 is 5.30. The van der Waals surface area contributed by atoms with E-state index in [0.717, 1.165) is 32.6 Å². The lowest BCUT2D eigenvalue weighted by atomic mass is 10.1. The molecule has 0 bridgehead atoms. The van der Waals surface area contributed by atoms with Gasteiger partial charge >= 0.3 is 5.97 Å². The number of nitrogens with zero attached hydrogens (tertiary/aromatic N) is 2. The third-order valence-electron chi connectivity index (χ3n) is 3.63. The fourth-order valence-corrected chi connectivity index (χ4v) is 2.77. The van der Waals surface area contributed by atoms with Gasteiger partial charge in [-0.15, -0.1) is 0 Å². The molecule has 2 aliphatic heterocycles. The van der Waals surface area contributed by atoms with E-state index in [1.807, 2.05) is 25.7 Å². The van der Waals surface area contributed by atoms with Crippen molar-refractivity contribution in [1.29, 1.82) is 0 Å². The first-order valence-corrected chi connectivity index (χ1v) is 7.09. The average molecular weight is 268 g/mol. The van der Waals surface area contributed by atoms with Crippen LogP contribution >= 0.6 is 0 Å². The number of hydrogen-bond acceptors (Lipinski definition) is 4. The van der Waals surface area contributed by atoms with Gasteiger partial charge in [0.05, 0.1) is 6.42 Å². The third-order valence-corrected chi connectivity index (χ3v) is 3.63. The first-order chi connectivity index (χ1) is 8.85. The van der Waals surface area contributed by atoms with Gasteiger partial charge in [0.15, 0.2) is 0 Å². The summed E-state index contributed by atoms with van der Waals surface area (Å²) in [6, 6.07) is 0.361. The number of hydrogen-bond donors (Lipinski definition) is 0. The monoisotopic (exact) mass is 268 g/mol. The van der Waals surface area contributed by atoms with Gasteiger partial charge in [-0.3, -0.25) is 14.5 Å². The topological polar surface area (TPSA) is 49.9 Å². The Morgan fingerprint density at radius 3 is 2.79 bits per heavy atom. The van der Waals surface area contributed by atoms with Gasteiger partial charge in [0.25, 0.3) is 0 Å². The number of fused-ring (bicyclic) bond motifs is 1. The van der Waals surface area contributed by atoms with Crippen LogP contribution in [0.15, 0.2) is 0 Å². The minimum absolute atomic E-state index is 0.141. The zero-order valence-corrected chi connectivity index (χ0v) is 12.1. The van der Waals surface area contributed by atoms with E-state index in [1.165, 1.54) is 0 Å². The second kappa shape index (κ2) is 5.49. The summed E-state index contributed by atoms with van der Waals surface area (Å²) in [5, 5.41) is 0. The van der Waals surface area contributed by atoms with Crippen LogP contribution in [-0.2, 0) is 14.3 Å². The molecule has 5 heteroatoms. The largest absolute Gasteiger partial charge is 0.460 e. The molecule has 0 radical (unpaired) electrons. The van der Waals surface area contributed by atoms with Crippen LogP contribution in [0.25, 0.3) is 0 Å². The van der Waals surface area contributed by atoms with Crippen LogP contribution in [0.2, 0.25) is 0 Å². The van der Waals surface area contributed by atoms with Crippen molar-refractivity contribution < 1.29 is 14.3 Å². The van der Waals surface area contributed by atoms with Crippen molar-refractivity contribution in [1.82, 2.24) is 9.80 Å². The van der Waals surface area contributed by atoms with Crippen LogP contribution in [0.4, 0.5) is 0 Å². The lowest BCUT2D eigenvalue weighted by Crippen LogP contribution is -2.51. The first-order valence-electron chi connectivity index (χ1n) is 7.09. The molecule has 0 aromatic heterocycles. The van der Waals surface area contributed by atoms with Gasteiger partial charge in [-0.25, -0.2) is 0 Å². The molecule has 0 aromatic carbocycles. The molecule has 1 atom stereocenters. The summed E-state index contributed by atoms with van der Waals surface area (Å²) >= 11 is 0. The van der Waals surface area contributed by atoms with Gasteiger partial charge in [-0.05, 0) is 27.2 Å². The number of rotatable bonds is 3. The van der Waals surface area contributed by atoms with Gasteiger partial charge in [0.2, 0.25) is 5.91 Å². The normalized spacial score (nSPS) is 24.5. The van der Waals surface area contributed by atoms with E-state index < -0.39 is 5.60 Å². The number of carbonyl (C=O) groups excluding carboxylic acids is 2. The van der Waals surface area contributed by atoms with Gasteiger partial charge in [0, 0.05) is 38.6 Å². The number of esters is 1. The molecular weight excluding hydrogens is 244 g/mol. The van der Waals surface area contributed by atoms with Crippen molar-refractivity contribution in [3.8, 4) is 0 Å². The van der Waals surface area contributed by atoms with Crippen LogP contribution in [-0.4, -0.2) is 59.5 Å². The molecule has 5 nitrogen and oxygen atoms in total. The van der Waals surface area contributed by atoms with Gasteiger partial charge < -0.3 is 9.64 Å². The van der Waals surface area contributed by atoms with E-state index in [1.54, 1.807) is 0 Å². The molecular formula is C14H24N2O3. The lowest BCUT2D eigenvalue weighted by molar-refractivity contribution is -0.155. The summed E-state index contributed by atoms with van der Waals surface area (Å²) in [4.78, 5) is 27.5. The van der Waals surface area contributed by atoms with Crippen molar-refractivity contribution in [3.05, 3.63) is 0 Å². The van der Waals surface area contributed by atoms with Crippen molar-refractivity contribution in [2.24, 2.45) is 0 Å². The summed E-state index contributed by atoms with van der Waals surface area (Å²) in [5.41, 5.74) is -0.409. The summed E-state index contributed by atoms with van der Waals surface area (Å²) in [7, 11) is 0. The fourth-order valence-electron chi connectivity index (χ4n) is 2.77. The molecule has 2 heterocycles. The van der Waals surface area contributed by atoms with E-state index >= 15 is 0 Å². The van der Waals surface area contributed by atoms with Crippen LogP contribution in [0, 0.1) is 0 Å². The maximum absolute atomic E-state index is 11.7. The van der Waals surface area contributed by atoms with E-state index in [2.05, 4.69) is 4.90 Å². The first kappa shape index (κ1) is 14.3. The molecule has 2 rings (SSSR count). The molecule has 2 fully saturated rings. The zero-order valence-electron chi connectivity index (χ0n) is 12.1. The lowest BCUT2D eigenvalue weighted by Gasteiger charge is -2.37. The average Bonchev–Trinajstić information content (AvgIpc) is 2.66. The molecule has 0 aliphatic carbocycles. The highest BCUT2D eigenvalue weighted by atomic mass is 16.6. The molecule has 0 saturated carbocycles. The van der Waals surface area contributed by atoms with Gasteiger partial charge in [-0.2, -0.15) is 0 Å². The summed E-state index contributed by atoms with van der Waals surface area (Å²) in [6.45, 7) is 8.94. The Morgan fingerprint density at radius 1 is 1.37 bits per heavy atom. The minimum Gasteiger partial charge on any atom is -0.460 e. The quantitative estimate of drug-likeness (QED) is 0.717. The van der Waals surface area contributed by atoms with Crippen molar-refractivity contribution >= 4 is 11.9 Å². The Kier molecular flexibility index (Phi) is 4.13. The highest BCUT2D eigenvalue weighted by Gasteiger charge is 2.35. The summed E-state index contributed by atoms with van der Waals surface area (Å²) in [6.07, 6.45) is 2.07. The highest BCUT2D eigenvalue weighted by Crippen LogP contribution is 2.22. The maximum Gasteiger partial charge on any atom is 0.307 e. The van der Waals surface area contributed by atoms with Crippen LogP contribution in [0.5, 0.6) is 0 Å². The predicted molar refractivity (Wildman–Crippen MR) is 71.6 cm³/mol. The standard InChI is InChI=1S/C14H24N2O3/c1-14(2,3)19-13(18)6-7-15-8-9-16-11(10-15)4-5-12(16)17/h11H,4-10H2,1-3H3. The van der Waals surface area contributed by atoms with Crippen LogP contribution in [0.3, 0.4) is 0 Å². The zero-order chi connectivity index (χ0) is 14.0. The molecule has 1 unspecified atom stereocenters. The van der Waals surface area contributed by atoms with E-state index in [4.69, 9.17) is 4.74 Å². The fraction of sp³-hybridized carbons (Fsp3) is 0.857. The Hall–Kier alpha value is -1.10. The van der Waals surface area contributed by atoms with E-state index in [9.17, 15) is 9.59 Å². The minimum atomic E-state index is -0.409. The molecule has 2 aliphatic rings. The third kappa shape index (κ3) is 3.93. The van der Waals surface area contributed by atoms with Crippen molar-refractivity contribution in [2.45, 2.75) is 51.7 Å². The SMILES string of the molecule is CC(C)(C)OC(=O)CCN1CCN2C(=O)CCC2C1. The highest BCUT2D eigenvalue weighted by molar-refractivity contribution is 5.79. The summed E-state index contributed by atoms with van der Waals surface area (Å²) in [5.74, 6) is 0.147. The molecule has 1 amide bonds. The number of piperazine rings is 1. The number of amides is 1. The molecule has 0 spiro atoms. The van der Waals surface area contributed by atoms with Gasteiger partial charge in [0.1, 0.15) is 5.60 Å². The Labute approximate surface area is 114 Å². The van der Waals surface area contributed by atoms with Crippen molar-refractivity contribution in [2.75, 3.05) is 26.2 Å². The second-order valence-electron chi connectivity index (χ2n) is 6.42. The molecule has 2 saturated heterocycles. The number of ether oxygens (including phenoxy) is 1. The van der Waals surface area contributed by atoms with Crippen LogP contribution in [0.1, 0.15) is 40.0 Å². The molecule has 0 aromatic rings. The smallest absolute Gasteiger partial charge is 0.307 e. The Bertz CT molecular complexity index is 362. The van der Waals surface area contributed by atoms with Crippen LogP contribution < -0.4 is 0 Å². The van der Waals surface area contributed by atoms with Gasteiger partial charge in [-0.1, -0.05) is 0 Å². The Morgan fingerprint density at radius 2 is 2.11 bits per heavy atom. The number of carbonyl (C=O) groups is 2. The second-order valence-corrected chi connectivity index (χ2v) is 6.42. The van der Waals surface area contributed by atoms with E-state index in [0.29, 0.717) is 18.9 Å². The Balaban J connectivity index is 1.73. The molecule has 19 heavy (non-hydrogen) atoms. The van der Waals surface area contributed by atoms with Crippen molar-refractivity contribution in [3.63, 3.8) is 0 Å².